The van der Waals surface area contributed by atoms with Crippen LogP contribution in [0.3, 0.4) is 0 Å². The number of anilines is 1. The van der Waals surface area contributed by atoms with E-state index in [2.05, 4.69) is 46.7 Å². The number of benzene rings is 1. The van der Waals surface area contributed by atoms with E-state index in [-0.39, 0.29) is 17.9 Å². The normalized spacial score (nSPS) is 19.2. The molecule has 0 spiro atoms. The van der Waals surface area contributed by atoms with E-state index in [9.17, 15) is 4.39 Å². The van der Waals surface area contributed by atoms with Crippen LogP contribution in [-0.4, -0.2) is 14.7 Å². The van der Waals surface area contributed by atoms with Crippen LogP contribution in [0.25, 0.3) is 0 Å². The molecule has 0 amide bonds. The SMILES string of the molecule is Cc1cc(N2C(=S)NC(c3ccccn3)C2c2cc(C)n(C)c2C)ccc1F. The molecule has 28 heavy (non-hydrogen) atoms. The Hall–Kier alpha value is -2.73. The summed E-state index contributed by atoms with van der Waals surface area (Å²) in [5.74, 6) is -0.216. The molecule has 0 radical (unpaired) electrons. The summed E-state index contributed by atoms with van der Waals surface area (Å²) in [6.07, 6.45) is 1.80. The first-order chi connectivity index (χ1) is 13.4. The topological polar surface area (TPSA) is 33.1 Å². The summed E-state index contributed by atoms with van der Waals surface area (Å²) in [6, 6.07) is 13.1. The highest BCUT2D eigenvalue weighted by Crippen LogP contribution is 2.43. The number of thiocarbonyl (C=S) groups is 1. The number of halogens is 1. The van der Waals surface area contributed by atoms with Gasteiger partial charge in [-0.3, -0.25) is 4.98 Å². The van der Waals surface area contributed by atoms with Crippen LogP contribution in [0.5, 0.6) is 0 Å². The molecule has 1 fully saturated rings. The van der Waals surface area contributed by atoms with Crippen LogP contribution >= 0.6 is 12.2 Å². The fourth-order valence-corrected chi connectivity index (χ4v) is 4.26. The number of hydrogen-bond donors (Lipinski definition) is 1. The van der Waals surface area contributed by atoms with Crippen molar-refractivity contribution < 1.29 is 4.39 Å². The molecule has 0 bridgehead atoms. The summed E-state index contributed by atoms with van der Waals surface area (Å²) in [7, 11) is 2.07. The van der Waals surface area contributed by atoms with Crippen LogP contribution in [0.15, 0.2) is 48.7 Å². The lowest BCUT2D eigenvalue weighted by atomic mass is 9.96. The van der Waals surface area contributed by atoms with Gasteiger partial charge in [-0.1, -0.05) is 6.07 Å². The minimum Gasteiger partial charge on any atom is -0.352 e. The fourth-order valence-electron chi connectivity index (χ4n) is 3.91. The van der Waals surface area contributed by atoms with E-state index in [1.165, 1.54) is 23.0 Å². The first kappa shape index (κ1) is 18.6. The smallest absolute Gasteiger partial charge is 0.174 e. The first-order valence-corrected chi connectivity index (χ1v) is 9.69. The lowest BCUT2D eigenvalue weighted by molar-refractivity contribution is 0.564. The Morgan fingerprint density at radius 3 is 2.50 bits per heavy atom. The lowest BCUT2D eigenvalue weighted by Crippen LogP contribution is -2.29. The van der Waals surface area contributed by atoms with E-state index in [0.717, 1.165) is 11.4 Å². The minimum absolute atomic E-state index is 0.0767. The van der Waals surface area contributed by atoms with Crippen molar-refractivity contribution in [1.82, 2.24) is 14.9 Å². The Labute approximate surface area is 170 Å². The summed E-state index contributed by atoms with van der Waals surface area (Å²) in [5.41, 5.74) is 5.95. The largest absolute Gasteiger partial charge is 0.352 e. The zero-order chi connectivity index (χ0) is 20.0. The van der Waals surface area contributed by atoms with Crippen molar-refractivity contribution in [2.75, 3.05) is 4.90 Å². The van der Waals surface area contributed by atoms with Gasteiger partial charge >= 0.3 is 0 Å². The van der Waals surface area contributed by atoms with E-state index in [1.54, 1.807) is 19.2 Å². The quantitative estimate of drug-likeness (QED) is 0.655. The van der Waals surface area contributed by atoms with Gasteiger partial charge in [0, 0.05) is 30.3 Å². The fraction of sp³-hybridized carbons (Fsp3) is 0.273. The van der Waals surface area contributed by atoms with Crippen LogP contribution < -0.4 is 10.2 Å². The molecule has 3 aromatic rings. The summed E-state index contributed by atoms with van der Waals surface area (Å²) in [6.45, 7) is 5.99. The third kappa shape index (κ3) is 2.98. The Morgan fingerprint density at radius 2 is 1.89 bits per heavy atom. The van der Waals surface area contributed by atoms with Gasteiger partial charge in [-0.25, -0.2) is 4.39 Å². The summed E-state index contributed by atoms with van der Waals surface area (Å²) < 4.78 is 16.1. The van der Waals surface area contributed by atoms with Crippen molar-refractivity contribution in [1.29, 1.82) is 0 Å². The molecular weight excluding hydrogens is 371 g/mol. The Bertz CT molecular complexity index is 1040. The number of rotatable bonds is 3. The Kier molecular flexibility index (Phi) is 4.67. The molecule has 0 aliphatic carbocycles. The molecule has 1 aromatic carbocycles. The van der Waals surface area contributed by atoms with Crippen molar-refractivity contribution in [2.45, 2.75) is 32.9 Å². The van der Waals surface area contributed by atoms with E-state index >= 15 is 0 Å². The Morgan fingerprint density at radius 1 is 1.11 bits per heavy atom. The summed E-state index contributed by atoms with van der Waals surface area (Å²) in [4.78, 5) is 6.66. The molecule has 1 aliphatic heterocycles. The monoisotopic (exact) mass is 394 g/mol. The van der Waals surface area contributed by atoms with Gasteiger partial charge in [0.1, 0.15) is 5.82 Å². The van der Waals surface area contributed by atoms with Gasteiger partial charge in [-0.2, -0.15) is 0 Å². The van der Waals surface area contributed by atoms with Gasteiger partial charge in [0.15, 0.2) is 5.11 Å². The highest BCUT2D eigenvalue weighted by Gasteiger charge is 2.42. The highest BCUT2D eigenvalue weighted by molar-refractivity contribution is 7.80. The van der Waals surface area contributed by atoms with E-state index in [0.29, 0.717) is 10.7 Å². The predicted octanol–water partition coefficient (Wildman–Crippen LogP) is 4.66. The molecule has 1 N–H and O–H groups in total. The van der Waals surface area contributed by atoms with Crippen molar-refractivity contribution in [2.24, 2.45) is 7.05 Å². The molecule has 1 saturated heterocycles. The molecule has 0 saturated carbocycles. The maximum Gasteiger partial charge on any atom is 0.174 e. The number of nitrogens with one attached hydrogen (secondary N) is 1. The predicted molar refractivity (Wildman–Crippen MR) is 114 cm³/mol. The average molecular weight is 395 g/mol. The molecule has 2 atom stereocenters. The lowest BCUT2D eigenvalue weighted by Gasteiger charge is -2.28. The van der Waals surface area contributed by atoms with Gasteiger partial charge in [-0.15, -0.1) is 0 Å². The molecule has 6 heteroatoms. The van der Waals surface area contributed by atoms with E-state index < -0.39 is 0 Å². The summed E-state index contributed by atoms with van der Waals surface area (Å²) in [5, 5.41) is 4.07. The number of nitrogens with zero attached hydrogens (tertiary/aromatic N) is 3. The number of aryl methyl sites for hydroxylation is 2. The molecule has 144 valence electrons. The molecule has 3 heterocycles. The zero-order valence-electron chi connectivity index (χ0n) is 16.4. The van der Waals surface area contributed by atoms with Crippen molar-refractivity contribution in [3.63, 3.8) is 0 Å². The first-order valence-electron chi connectivity index (χ1n) is 9.28. The van der Waals surface area contributed by atoms with Gasteiger partial charge in [-0.05, 0) is 80.5 Å². The third-order valence-electron chi connectivity index (χ3n) is 5.65. The van der Waals surface area contributed by atoms with E-state index in [4.69, 9.17) is 12.2 Å². The second kappa shape index (κ2) is 7.02. The standard InChI is InChI=1S/C22H23FN4S/c1-13-11-16(8-9-18(13)23)27-21(17-12-14(2)26(4)15(17)3)20(25-22(27)28)19-7-5-6-10-24-19/h5-12,20-21H,1-4H3,(H,25,28). The highest BCUT2D eigenvalue weighted by atomic mass is 32.1. The van der Waals surface area contributed by atoms with Gasteiger partial charge in [0.2, 0.25) is 0 Å². The van der Waals surface area contributed by atoms with Crippen molar-refractivity contribution in [3.8, 4) is 0 Å². The molecule has 4 rings (SSSR count). The number of hydrogen-bond acceptors (Lipinski definition) is 2. The average Bonchev–Trinajstić information content (AvgIpc) is 3.16. The van der Waals surface area contributed by atoms with Crippen LogP contribution in [-0.2, 0) is 7.05 Å². The summed E-state index contributed by atoms with van der Waals surface area (Å²) >= 11 is 5.72. The van der Waals surface area contributed by atoms with Crippen molar-refractivity contribution in [3.05, 3.63) is 82.7 Å². The molecule has 4 nitrogen and oxygen atoms in total. The van der Waals surface area contributed by atoms with Crippen molar-refractivity contribution >= 4 is 23.0 Å². The second-order valence-corrected chi connectivity index (χ2v) is 7.70. The molecular formula is C22H23FN4S. The second-order valence-electron chi connectivity index (χ2n) is 7.32. The van der Waals surface area contributed by atoms with Crippen LogP contribution in [0, 0.1) is 26.6 Å². The van der Waals surface area contributed by atoms with Gasteiger partial charge < -0.3 is 14.8 Å². The van der Waals surface area contributed by atoms with E-state index in [1.807, 2.05) is 24.3 Å². The van der Waals surface area contributed by atoms with Crippen LogP contribution in [0.1, 0.15) is 40.3 Å². The maximum atomic E-state index is 13.9. The minimum atomic E-state index is -0.216. The van der Waals surface area contributed by atoms with Crippen LogP contribution in [0.4, 0.5) is 10.1 Å². The van der Waals surface area contributed by atoms with Gasteiger partial charge in [0.05, 0.1) is 17.8 Å². The molecule has 2 aromatic heterocycles. The number of aromatic nitrogens is 2. The van der Waals surface area contributed by atoms with Gasteiger partial charge in [0.25, 0.3) is 0 Å². The third-order valence-corrected chi connectivity index (χ3v) is 5.97. The molecule has 2 unspecified atom stereocenters. The molecule has 1 aliphatic rings. The van der Waals surface area contributed by atoms with Crippen LogP contribution in [0.2, 0.25) is 0 Å². The Balaban J connectivity index is 1.89. The number of pyridine rings is 1. The maximum absolute atomic E-state index is 13.9. The zero-order valence-corrected chi connectivity index (χ0v) is 17.2.